The number of hydrogen-bond acceptors (Lipinski definition) is 6. The summed E-state index contributed by atoms with van der Waals surface area (Å²) >= 11 is 0. The summed E-state index contributed by atoms with van der Waals surface area (Å²) in [4.78, 5) is 10.3. The number of nitrogens with zero attached hydrogens (tertiary/aromatic N) is 1. The van der Waals surface area contributed by atoms with E-state index in [1.54, 1.807) is 6.92 Å². The summed E-state index contributed by atoms with van der Waals surface area (Å²) in [5.41, 5.74) is 0. The molecule has 0 aromatic heterocycles. The molecule has 3 unspecified atom stereocenters. The second kappa shape index (κ2) is 4.10. The van der Waals surface area contributed by atoms with E-state index in [9.17, 15) is 15.1 Å². The van der Waals surface area contributed by atoms with Crippen molar-refractivity contribution in [1.29, 1.82) is 0 Å². The number of ether oxygens (including phenoxy) is 2. The van der Waals surface area contributed by atoms with Crippen molar-refractivity contribution in [2.45, 2.75) is 37.6 Å². The fourth-order valence-corrected chi connectivity index (χ4v) is 1.32. The third-order valence-electron chi connectivity index (χ3n) is 2.16. The van der Waals surface area contributed by atoms with E-state index in [-0.39, 0.29) is 0 Å². The molecule has 1 aliphatic rings. The second-order valence-corrected chi connectivity index (χ2v) is 3.02. The molecule has 6 nitrogen and oxygen atoms in total. The molecule has 0 spiro atoms. The van der Waals surface area contributed by atoms with Gasteiger partial charge in [0, 0.05) is 7.11 Å². The van der Waals surface area contributed by atoms with Crippen molar-refractivity contribution in [2.24, 2.45) is 5.18 Å². The molecule has 76 valence electrons. The predicted molar refractivity (Wildman–Crippen MR) is 42.9 cm³/mol. The molecule has 1 saturated heterocycles. The van der Waals surface area contributed by atoms with Gasteiger partial charge in [-0.15, -0.1) is 0 Å². The maximum Gasteiger partial charge on any atom is 0.186 e. The SMILES string of the molecule is CO[C@@H]1OC(C)[C@@H](O)C(O)C1N=O. The van der Waals surface area contributed by atoms with Gasteiger partial charge in [-0.25, -0.2) is 0 Å². The van der Waals surface area contributed by atoms with Crippen molar-refractivity contribution in [3.05, 3.63) is 4.91 Å². The number of methoxy groups -OCH3 is 1. The van der Waals surface area contributed by atoms with Crippen LogP contribution in [0.5, 0.6) is 0 Å². The van der Waals surface area contributed by atoms with Crippen molar-refractivity contribution in [2.75, 3.05) is 7.11 Å². The second-order valence-electron chi connectivity index (χ2n) is 3.02. The quantitative estimate of drug-likeness (QED) is 0.560. The van der Waals surface area contributed by atoms with Crippen molar-refractivity contribution in [3.8, 4) is 0 Å². The van der Waals surface area contributed by atoms with Gasteiger partial charge in [0.2, 0.25) is 0 Å². The van der Waals surface area contributed by atoms with Gasteiger partial charge in [-0.3, -0.25) is 0 Å². The van der Waals surface area contributed by atoms with E-state index in [2.05, 4.69) is 5.18 Å². The van der Waals surface area contributed by atoms with Crippen molar-refractivity contribution in [3.63, 3.8) is 0 Å². The minimum absolute atomic E-state index is 0.571. The van der Waals surface area contributed by atoms with Crippen LogP contribution in [0.2, 0.25) is 0 Å². The Balaban J connectivity index is 2.74. The van der Waals surface area contributed by atoms with Gasteiger partial charge < -0.3 is 19.7 Å². The lowest BCUT2D eigenvalue weighted by molar-refractivity contribution is -0.246. The molecule has 5 atom stereocenters. The number of aliphatic hydroxyl groups excluding tert-OH is 2. The monoisotopic (exact) mass is 191 g/mol. The maximum atomic E-state index is 10.3. The highest BCUT2D eigenvalue weighted by atomic mass is 16.7. The van der Waals surface area contributed by atoms with E-state index in [0.717, 1.165) is 0 Å². The lowest BCUT2D eigenvalue weighted by atomic mass is 9.98. The zero-order valence-electron chi connectivity index (χ0n) is 7.45. The summed E-state index contributed by atoms with van der Waals surface area (Å²) in [6.45, 7) is 1.58. The third kappa shape index (κ3) is 1.86. The molecule has 0 saturated carbocycles. The van der Waals surface area contributed by atoms with E-state index in [1.165, 1.54) is 7.11 Å². The number of nitroso groups, excluding NO2 is 1. The highest BCUT2D eigenvalue weighted by molar-refractivity contribution is 4.91. The molecule has 1 fully saturated rings. The molecule has 0 aromatic rings. The lowest BCUT2D eigenvalue weighted by Crippen LogP contribution is -2.56. The molecule has 0 bridgehead atoms. The van der Waals surface area contributed by atoms with Crippen molar-refractivity contribution in [1.82, 2.24) is 0 Å². The van der Waals surface area contributed by atoms with Gasteiger partial charge in [-0.1, -0.05) is 5.18 Å². The summed E-state index contributed by atoms with van der Waals surface area (Å²) in [6.07, 6.45) is -3.79. The van der Waals surface area contributed by atoms with Gasteiger partial charge in [0.1, 0.15) is 12.2 Å². The Morgan fingerprint density at radius 3 is 2.46 bits per heavy atom. The molecule has 13 heavy (non-hydrogen) atoms. The first-order chi connectivity index (χ1) is 6.11. The first-order valence-electron chi connectivity index (χ1n) is 3.98. The molecule has 0 aromatic carbocycles. The highest BCUT2D eigenvalue weighted by Crippen LogP contribution is 2.23. The van der Waals surface area contributed by atoms with Crippen LogP contribution < -0.4 is 0 Å². The summed E-state index contributed by atoms with van der Waals surface area (Å²) in [5, 5.41) is 21.4. The Labute approximate surface area is 75.4 Å². The van der Waals surface area contributed by atoms with E-state index >= 15 is 0 Å². The zero-order valence-corrected chi connectivity index (χ0v) is 7.45. The molecule has 1 heterocycles. The van der Waals surface area contributed by atoms with Gasteiger partial charge in [0.15, 0.2) is 12.3 Å². The minimum atomic E-state index is -1.23. The van der Waals surface area contributed by atoms with Gasteiger partial charge in [-0.2, -0.15) is 4.91 Å². The predicted octanol–water partition coefficient (Wildman–Crippen LogP) is -0.766. The highest BCUT2D eigenvalue weighted by Gasteiger charge is 2.44. The first kappa shape index (κ1) is 10.5. The molecule has 0 radical (unpaired) electrons. The lowest BCUT2D eigenvalue weighted by Gasteiger charge is -2.37. The summed E-state index contributed by atoms with van der Waals surface area (Å²) < 4.78 is 9.89. The number of rotatable bonds is 2. The summed E-state index contributed by atoms with van der Waals surface area (Å²) in [5.74, 6) is 0. The van der Waals surface area contributed by atoms with E-state index in [0.29, 0.717) is 0 Å². The molecule has 1 aliphatic heterocycles. The summed E-state index contributed by atoms with van der Waals surface area (Å²) in [7, 11) is 1.35. The smallest absolute Gasteiger partial charge is 0.186 e. The fourth-order valence-electron chi connectivity index (χ4n) is 1.32. The number of aliphatic hydroxyl groups is 2. The fraction of sp³-hybridized carbons (Fsp3) is 1.00. The molecular weight excluding hydrogens is 178 g/mol. The Hall–Kier alpha value is -0.560. The topological polar surface area (TPSA) is 88.3 Å². The van der Waals surface area contributed by atoms with Crippen LogP contribution in [0.25, 0.3) is 0 Å². The van der Waals surface area contributed by atoms with E-state index < -0.39 is 30.6 Å². The Morgan fingerprint density at radius 2 is 2.00 bits per heavy atom. The Kier molecular flexibility index (Phi) is 3.32. The average molecular weight is 191 g/mol. The van der Waals surface area contributed by atoms with Crippen LogP contribution in [0.1, 0.15) is 6.92 Å². The molecule has 6 heteroatoms. The van der Waals surface area contributed by atoms with E-state index in [1.807, 2.05) is 0 Å². The Morgan fingerprint density at radius 1 is 1.38 bits per heavy atom. The third-order valence-corrected chi connectivity index (χ3v) is 2.16. The zero-order chi connectivity index (χ0) is 10.0. The van der Waals surface area contributed by atoms with Crippen LogP contribution in [0.3, 0.4) is 0 Å². The molecule has 1 rings (SSSR count). The molecular formula is C7H13NO5. The van der Waals surface area contributed by atoms with Crippen LogP contribution in [-0.2, 0) is 9.47 Å². The van der Waals surface area contributed by atoms with Crippen LogP contribution in [0.15, 0.2) is 5.18 Å². The van der Waals surface area contributed by atoms with Gasteiger partial charge >= 0.3 is 0 Å². The minimum Gasteiger partial charge on any atom is -0.388 e. The molecule has 2 N–H and O–H groups in total. The van der Waals surface area contributed by atoms with Crippen LogP contribution >= 0.6 is 0 Å². The Bertz CT molecular complexity index is 186. The van der Waals surface area contributed by atoms with Gasteiger partial charge in [0.25, 0.3) is 0 Å². The van der Waals surface area contributed by atoms with Crippen molar-refractivity contribution < 1.29 is 19.7 Å². The standard InChI is InChI=1S/C7H13NO5/c1-3-5(9)6(10)4(8-11)7(12-2)13-3/h3-7,9-10H,1-2H3/t3?,4?,5-,6?,7-/m1/s1. The largest absolute Gasteiger partial charge is 0.388 e. The van der Waals surface area contributed by atoms with Gasteiger partial charge in [-0.05, 0) is 6.92 Å². The maximum absolute atomic E-state index is 10.3. The normalized spacial score (nSPS) is 46.0. The summed E-state index contributed by atoms with van der Waals surface area (Å²) in [6, 6.07) is -1.07. The average Bonchev–Trinajstić information content (AvgIpc) is 2.13. The van der Waals surface area contributed by atoms with Crippen LogP contribution in [-0.4, -0.2) is 48.0 Å². The number of hydrogen-bond donors (Lipinski definition) is 2. The molecule has 0 amide bonds. The van der Waals surface area contributed by atoms with Crippen LogP contribution in [0.4, 0.5) is 0 Å². The van der Waals surface area contributed by atoms with Crippen LogP contribution in [0, 0.1) is 4.91 Å². The van der Waals surface area contributed by atoms with Gasteiger partial charge in [0.05, 0.1) is 6.10 Å². The molecule has 0 aliphatic carbocycles. The van der Waals surface area contributed by atoms with E-state index in [4.69, 9.17) is 9.47 Å². The van der Waals surface area contributed by atoms with Crippen molar-refractivity contribution >= 4 is 0 Å². The first-order valence-corrected chi connectivity index (χ1v) is 3.98.